The molecule has 0 aromatic heterocycles. The van der Waals surface area contributed by atoms with Crippen molar-refractivity contribution in [1.82, 2.24) is 0 Å². The molecule has 0 bridgehead atoms. The van der Waals surface area contributed by atoms with E-state index in [2.05, 4.69) is 33.3 Å². The molecule has 2 aromatic carbocycles. The maximum atomic E-state index is 12.2. The first-order valence-electron chi connectivity index (χ1n) is 5.74. The zero-order chi connectivity index (χ0) is 13.8. The Morgan fingerprint density at radius 1 is 1.16 bits per heavy atom. The van der Waals surface area contributed by atoms with E-state index < -0.39 is 0 Å². The van der Waals surface area contributed by atoms with Gasteiger partial charge in [-0.2, -0.15) is 0 Å². The predicted octanol–water partition coefficient (Wildman–Crippen LogP) is 3.14. The van der Waals surface area contributed by atoms with E-state index in [4.69, 9.17) is 5.84 Å². The van der Waals surface area contributed by atoms with Crippen LogP contribution in [0.5, 0.6) is 0 Å². The molecular weight excluding hydrogens is 353 g/mol. The molecule has 98 valence electrons. The zero-order valence-electron chi connectivity index (χ0n) is 10.4. The highest BCUT2D eigenvalue weighted by Crippen LogP contribution is 2.19. The highest BCUT2D eigenvalue weighted by molar-refractivity contribution is 14.1. The van der Waals surface area contributed by atoms with Crippen LogP contribution in [0.3, 0.4) is 0 Å². The monoisotopic (exact) mass is 367 g/mol. The van der Waals surface area contributed by atoms with Gasteiger partial charge in [-0.25, -0.2) is 0 Å². The SMILES string of the molecule is Cc1ccc(NN)c(C(=O)Nc2ccc(I)cc2)c1. The minimum Gasteiger partial charge on any atom is -0.323 e. The second-order valence-corrected chi connectivity index (χ2v) is 5.40. The summed E-state index contributed by atoms with van der Waals surface area (Å²) in [5, 5.41) is 2.85. The van der Waals surface area contributed by atoms with E-state index in [-0.39, 0.29) is 5.91 Å². The summed E-state index contributed by atoms with van der Waals surface area (Å²) in [5.41, 5.74) is 5.44. The van der Waals surface area contributed by atoms with E-state index in [1.807, 2.05) is 37.3 Å². The summed E-state index contributed by atoms with van der Waals surface area (Å²) in [5.74, 6) is 5.24. The molecule has 0 saturated carbocycles. The lowest BCUT2D eigenvalue weighted by Crippen LogP contribution is -2.17. The van der Waals surface area contributed by atoms with Crippen molar-refractivity contribution in [1.29, 1.82) is 0 Å². The maximum Gasteiger partial charge on any atom is 0.257 e. The average molecular weight is 367 g/mol. The fraction of sp³-hybridized carbons (Fsp3) is 0.0714. The molecule has 0 aliphatic heterocycles. The van der Waals surface area contributed by atoms with Crippen LogP contribution < -0.4 is 16.6 Å². The smallest absolute Gasteiger partial charge is 0.257 e. The summed E-state index contributed by atoms with van der Waals surface area (Å²) >= 11 is 2.22. The first-order chi connectivity index (χ1) is 9.10. The number of hydrazine groups is 1. The molecule has 19 heavy (non-hydrogen) atoms. The number of carbonyl (C=O) groups excluding carboxylic acids is 1. The van der Waals surface area contributed by atoms with Crippen LogP contribution in [0.4, 0.5) is 11.4 Å². The molecule has 4 nitrogen and oxygen atoms in total. The Morgan fingerprint density at radius 3 is 2.47 bits per heavy atom. The Labute approximate surface area is 125 Å². The largest absolute Gasteiger partial charge is 0.323 e. The summed E-state index contributed by atoms with van der Waals surface area (Å²) in [7, 11) is 0. The van der Waals surface area contributed by atoms with Gasteiger partial charge in [-0.15, -0.1) is 0 Å². The van der Waals surface area contributed by atoms with Gasteiger partial charge in [0.05, 0.1) is 11.3 Å². The van der Waals surface area contributed by atoms with Gasteiger partial charge in [0, 0.05) is 9.26 Å². The van der Waals surface area contributed by atoms with Crippen molar-refractivity contribution in [3.05, 3.63) is 57.2 Å². The molecular formula is C14H14IN3O. The van der Waals surface area contributed by atoms with Crippen molar-refractivity contribution in [2.75, 3.05) is 10.7 Å². The first kappa shape index (κ1) is 13.8. The van der Waals surface area contributed by atoms with Crippen molar-refractivity contribution in [3.8, 4) is 0 Å². The molecule has 0 saturated heterocycles. The van der Waals surface area contributed by atoms with Crippen LogP contribution in [-0.4, -0.2) is 5.91 Å². The quantitative estimate of drug-likeness (QED) is 0.444. The van der Waals surface area contributed by atoms with Gasteiger partial charge in [0.1, 0.15) is 0 Å². The Bertz CT molecular complexity index is 596. The number of nitrogens with two attached hydrogens (primary N) is 1. The molecule has 0 heterocycles. The molecule has 2 aromatic rings. The van der Waals surface area contributed by atoms with Crippen molar-refractivity contribution < 1.29 is 4.79 Å². The molecule has 0 atom stereocenters. The lowest BCUT2D eigenvalue weighted by molar-refractivity contribution is 0.102. The van der Waals surface area contributed by atoms with E-state index in [0.29, 0.717) is 11.3 Å². The lowest BCUT2D eigenvalue weighted by atomic mass is 10.1. The Hall–Kier alpha value is -1.60. The number of benzene rings is 2. The molecule has 0 aliphatic carbocycles. The highest BCUT2D eigenvalue weighted by atomic mass is 127. The second kappa shape index (κ2) is 6.03. The Morgan fingerprint density at radius 2 is 1.84 bits per heavy atom. The molecule has 0 aliphatic rings. The molecule has 0 radical (unpaired) electrons. The number of nitrogen functional groups attached to an aromatic ring is 1. The first-order valence-corrected chi connectivity index (χ1v) is 6.82. The standard InChI is InChI=1S/C14H14IN3O/c1-9-2-7-13(18-16)12(8-9)14(19)17-11-5-3-10(15)4-6-11/h2-8,18H,16H2,1H3,(H,17,19). The highest BCUT2D eigenvalue weighted by Gasteiger charge is 2.11. The van der Waals surface area contributed by atoms with Crippen molar-refractivity contribution in [2.45, 2.75) is 6.92 Å². The van der Waals surface area contributed by atoms with E-state index in [1.54, 1.807) is 12.1 Å². The molecule has 0 spiro atoms. The zero-order valence-corrected chi connectivity index (χ0v) is 12.6. The number of hydrogen-bond acceptors (Lipinski definition) is 3. The van der Waals surface area contributed by atoms with Crippen LogP contribution in [0.2, 0.25) is 0 Å². The van der Waals surface area contributed by atoms with E-state index in [0.717, 1.165) is 14.8 Å². The molecule has 4 N–H and O–H groups in total. The van der Waals surface area contributed by atoms with Crippen molar-refractivity contribution in [2.24, 2.45) is 5.84 Å². The van der Waals surface area contributed by atoms with Gasteiger partial charge in [-0.05, 0) is 65.9 Å². The number of aryl methyl sites for hydroxylation is 1. The molecule has 0 fully saturated rings. The maximum absolute atomic E-state index is 12.2. The number of hydrogen-bond donors (Lipinski definition) is 3. The van der Waals surface area contributed by atoms with Gasteiger partial charge in [0.15, 0.2) is 0 Å². The van der Waals surface area contributed by atoms with Crippen molar-refractivity contribution >= 4 is 39.9 Å². The topological polar surface area (TPSA) is 67.1 Å². The Kier molecular flexibility index (Phi) is 4.39. The minimum absolute atomic E-state index is 0.183. The van der Waals surface area contributed by atoms with Crippen LogP contribution in [0.15, 0.2) is 42.5 Å². The van der Waals surface area contributed by atoms with Crippen LogP contribution >= 0.6 is 22.6 Å². The molecule has 1 amide bonds. The van der Waals surface area contributed by atoms with Gasteiger partial charge in [0.25, 0.3) is 5.91 Å². The van der Waals surface area contributed by atoms with Crippen LogP contribution in [0, 0.1) is 10.5 Å². The van der Waals surface area contributed by atoms with Gasteiger partial charge >= 0.3 is 0 Å². The predicted molar refractivity (Wildman–Crippen MR) is 86.1 cm³/mol. The summed E-state index contributed by atoms with van der Waals surface area (Å²) in [6.07, 6.45) is 0. The van der Waals surface area contributed by atoms with Gasteiger partial charge < -0.3 is 10.7 Å². The minimum atomic E-state index is -0.183. The summed E-state index contributed by atoms with van der Waals surface area (Å²) < 4.78 is 1.12. The summed E-state index contributed by atoms with van der Waals surface area (Å²) in [6.45, 7) is 1.93. The van der Waals surface area contributed by atoms with E-state index in [9.17, 15) is 4.79 Å². The van der Waals surface area contributed by atoms with Crippen molar-refractivity contribution in [3.63, 3.8) is 0 Å². The van der Waals surface area contributed by atoms with Crippen LogP contribution in [0.1, 0.15) is 15.9 Å². The van der Waals surface area contributed by atoms with Crippen LogP contribution in [0.25, 0.3) is 0 Å². The third-order valence-electron chi connectivity index (χ3n) is 2.68. The number of amides is 1. The van der Waals surface area contributed by atoms with E-state index >= 15 is 0 Å². The average Bonchev–Trinajstić information content (AvgIpc) is 2.41. The molecule has 5 heteroatoms. The van der Waals surface area contributed by atoms with Gasteiger partial charge in [0.2, 0.25) is 0 Å². The normalized spacial score (nSPS) is 10.1. The third-order valence-corrected chi connectivity index (χ3v) is 3.40. The van der Waals surface area contributed by atoms with Gasteiger partial charge in [-0.1, -0.05) is 11.6 Å². The number of anilines is 2. The van der Waals surface area contributed by atoms with Gasteiger partial charge in [-0.3, -0.25) is 10.6 Å². The Balaban J connectivity index is 2.24. The summed E-state index contributed by atoms with van der Waals surface area (Å²) in [6, 6.07) is 13.1. The number of rotatable bonds is 3. The molecule has 0 unspecified atom stereocenters. The lowest BCUT2D eigenvalue weighted by Gasteiger charge is -2.10. The number of carbonyl (C=O) groups is 1. The second-order valence-electron chi connectivity index (χ2n) is 4.15. The van der Waals surface area contributed by atoms with Crippen LogP contribution in [-0.2, 0) is 0 Å². The molecule has 2 rings (SSSR count). The fourth-order valence-electron chi connectivity index (χ4n) is 1.70. The fourth-order valence-corrected chi connectivity index (χ4v) is 2.06. The third kappa shape index (κ3) is 3.45. The summed E-state index contributed by atoms with van der Waals surface area (Å²) in [4.78, 5) is 12.2. The number of nitrogens with one attached hydrogen (secondary N) is 2. The van der Waals surface area contributed by atoms with E-state index in [1.165, 1.54) is 0 Å². The number of halogens is 1.